The van der Waals surface area contributed by atoms with Crippen molar-refractivity contribution in [3.8, 4) is 0 Å². The molecule has 0 radical (unpaired) electrons. The van der Waals surface area contributed by atoms with Gasteiger partial charge in [0.05, 0.1) is 0 Å². The molecule has 2 N–H and O–H groups in total. The van der Waals surface area contributed by atoms with Crippen LogP contribution < -0.4 is 5.32 Å². The second-order valence-corrected chi connectivity index (χ2v) is 7.81. The molecule has 1 rings (SSSR count). The van der Waals surface area contributed by atoms with Crippen LogP contribution in [0.25, 0.3) is 0 Å². The molecule has 1 aliphatic heterocycles. The zero-order valence-corrected chi connectivity index (χ0v) is 12.3. The van der Waals surface area contributed by atoms with Gasteiger partial charge in [0.15, 0.2) is 6.10 Å². The predicted molar refractivity (Wildman–Crippen MR) is 71.3 cm³/mol. The lowest BCUT2D eigenvalue weighted by atomic mass is 10.2. The van der Waals surface area contributed by atoms with E-state index in [0.29, 0.717) is 25.1 Å². The monoisotopic (exact) mass is 291 g/mol. The number of carboxylic acids is 1. The Morgan fingerprint density at radius 2 is 1.89 bits per heavy atom. The molecule has 6 nitrogen and oxygen atoms in total. The van der Waals surface area contributed by atoms with E-state index in [4.69, 9.17) is 9.84 Å². The minimum absolute atomic E-state index is 0.303. The molecule has 0 spiro atoms. The Labute approximate surface area is 115 Å². The van der Waals surface area contributed by atoms with E-state index in [9.17, 15) is 13.8 Å². The molecular formula is C12H21NO5S. The van der Waals surface area contributed by atoms with E-state index in [1.807, 2.05) is 20.8 Å². The number of carbonyl (C=O) groups excluding carboxylic acids is 1. The van der Waals surface area contributed by atoms with Crippen molar-refractivity contribution in [2.45, 2.75) is 50.6 Å². The average Bonchev–Trinajstić information content (AvgIpc) is 2.76. The Bertz CT molecular complexity index is 377. The Hall–Kier alpha value is -0.950. The molecule has 0 aromatic carbocycles. The van der Waals surface area contributed by atoms with E-state index in [1.54, 1.807) is 0 Å². The minimum Gasteiger partial charge on any atom is -0.479 e. The summed E-state index contributed by atoms with van der Waals surface area (Å²) in [5, 5.41) is 11.4. The summed E-state index contributed by atoms with van der Waals surface area (Å²) in [6.07, 6.45) is -0.837. The fourth-order valence-electron chi connectivity index (χ4n) is 1.70. The standard InChI is InChI=1S/C12H21NO5S/c1-12(2,3)19(17)7-6-13-10(14)8-4-5-9(18-8)11(15)16/h8-9H,4-7H2,1-3H3,(H,13,14)(H,15,16)/t8-,9+,19?/m0/s1. The molecule has 7 heteroatoms. The van der Waals surface area contributed by atoms with Gasteiger partial charge in [-0.1, -0.05) is 0 Å². The first-order valence-corrected chi connectivity index (χ1v) is 7.58. The number of aliphatic carboxylic acids is 1. The molecule has 0 bridgehead atoms. The Morgan fingerprint density at radius 1 is 1.32 bits per heavy atom. The van der Waals surface area contributed by atoms with Crippen LogP contribution in [0.1, 0.15) is 33.6 Å². The zero-order valence-electron chi connectivity index (χ0n) is 11.5. The van der Waals surface area contributed by atoms with Gasteiger partial charge >= 0.3 is 5.97 Å². The molecule has 1 aliphatic rings. The van der Waals surface area contributed by atoms with E-state index in [0.717, 1.165) is 0 Å². The summed E-state index contributed by atoms with van der Waals surface area (Å²) in [5.41, 5.74) is 0. The van der Waals surface area contributed by atoms with Crippen LogP contribution in [0.4, 0.5) is 0 Å². The maximum atomic E-state index is 11.8. The lowest BCUT2D eigenvalue weighted by molar-refractivity contribution is -0.151. The van der Waals surface area contributed by atoms with Gasteiger partial charge in [-0.15, -0.1) is 0 Å². The molecule has 0 aliphatic carbocycles. The highest BCUT2D eigenvalue weighted by Crippen LogP contribution is 2.19. The maximum Gasteiger partial charge on any atom is 0.332 e. The van der Waals surface area contributed by atoms with E-state index in [1.165, 1.54) is 0 Å². The van der Waals surface area contributed by atoms with Crippen molar-refractivity contribution in [2.24, 2.45) is 0 Å². The molecule has 1 heterocycles. The highest BCUT2D eigenvalue weighted by molar-refractivity contribution is 7.86. The number of rotatable bonds is 5. The first kappa shape index (κ1) is 16.1. The molecule has 1 amide bonds. The Morgan fingerprint density at radius 3 is 2.37 bits per heavy atom. The smallest absolute Gasteiger partial charge is 0.332 e. The van der Waals surface area contributed by atoms with Gasteiger partial charge in [0.1, 0.15) is 6.10 Å². The van der Waals surface area contributed by atoms with Gasteiger partial charge in [-0.05, 0) is 33.6 Å². The van der Waals surface area contributed by atoms with Gasteiger partial charge < -0.3 is 15.2 Å². The van der Waals surface area contributed by atoms with Gasteiger partial charge in [-0.25, -0.2) is 4.79 Å². The number of hydrogen-bond acceptors (Lipinski definition) is 4. The van der Waals surface area contributed by atoms with Crippen LogP contribution in [-0.4, -0.2) is 50.4 Å². The van der Waals surface area contributed by atoms with Gasteiger partial charge in [0.25, 0.3) is 0 Å². The van der Waals surface area contributed by atoms with Gasteiger partial charge in [-0.3, -0.25) is 9.00 Å². The van der Waals surface area contributed by atoms with E-state index in [-0.39, 0.29) is 10.7 Å². The highest BCUT2D eigenvalue weighted by Gasteiger charge is 2.34. The fraction of sp³-hybridized carbons (Fsp3) is 0.833. The van der Waals surface area contributed by atoms with Crippen molar-refractivity contribution in [3.05, 3.63) is 0 Å². The second-order valence-electron chi connectivity index (χ2n) is 5.48. The maximum absolute atomic E-state index is 11.8. The summed E-state index contributed by atoms with van der Waals surface area (Å²) in [6.45, 7) is 5.94. The number of carboxylic acid groups (broad SMARTS) is 1. The molecule has 0 saturated carbocycles. The van der Waals surface area contributed by atoms with Crippen LogP contribution in [0.3, 0.4) is 0 Å². The Balaban J connectivity index is 2.30. The van der Waals surface area contributed by atoms with Crippen molar-refractivity contribution in [3.63, 3.8) is 0 Å². The molecule has 0 aromatic rings. The van der Waals surface area contributed by atoms with Crippen molar-refractivity contribution < 1.29 is 23.6 Å². The molecule has 110 valence electrons. The third-order valence-electron chi connectivity index (χ3n) is 2.86. The molecular weight excluding hydrogens is 270 g/mol. The molecule has 3 atom stereocenters. The highest BCUT2D eigenvalue weighted by atomic mass is 32.2. The molecule has 0 aromatic heterocycles. The molecule has 1 fully saturated rings. The summed E-state index contributed by atoms with van der Waals surface area (Å²) in [7, 11) is -1.02. The summed E-state index contributed by atoms with van der Waals surface area (Å²) >= 11 is 0. The first-order chi connectivity index (χ1) is 8.71. The number of nitrogens with one attached hydrogen (secondary N) is 1. The molecule has 19 heavy (non-hydrogen) atoms. The normalized spacial score (nSPS) is 25.0. The van der Waals surface area contributed by atoms with Gasteiger partial charge in [0.2, 0.25) is 5.91 Å². The van der Waals surface area contributed by atoms with Crippen LogP contribution in [0.15, 0.2) is 0 Å². The number of carbonyl (C=O) groups is 2. The van der Waals surface area contributed by atoms with Crippen LogP contribution in [0.5, 0.6) is 0 Å². The topological polar surface area (TPSA) is 92.7 Å². The lowest BCUT2D eigenvalue weighted by Crippen LogP contribution is -2.38. The summed E-state index contributed by atoms with van der Waals surface area (Å²) in [6, 6.07) is 0. The van der Waals surface area contributed by atoms with Crippen LogP contribution in [0.2, 0.25) is 0 Å². The Kier molecular flexibility index (Phi) is 5.49. The van der Waals surface area contributed by atoms with Crippen LogP contribution in [-0.2, 0) is 25.1 Å². The zero-order chi connectivity index (χ0) is 14.6. The third-order valence-corrected chi connectivity index (χ3v) is 4.80. The minimum atomic E-state index is -1.04. The fourth-order valence-corrected chi connectivity index (χ4v) is 2.60. The molecule has 1 unspecified atom stereocenters. The van der Waals surface area contributed by atoms with Crippen LogP contribution >= 0.6 is 0 Å². The van der Waals surface area contributed by atoms with Gasteiger partial charge in [0, 0.05) is 27.8 Å². The second kappa shape index (κ2) is 6.47. The first-order valence-electron chi connectivity index (χ1n) is 6.26. The van der Waals surface area contributed by atoms with Crippen molar-refractivity contribution in [1.82, 2.24) is 5.32 Å². The molecule has 1 saturated heterocycles. The van der Waals surface area contributed by atoms with Crippen molar-refractivity contribution in [2.75, 3.05) is 12.3 Å². The van der Waals surface area contributed by atoms with Gasteiger partial charge in [-0.2, -0.15) is 0 Å². The number of amides is 1. The van der Waals surface area contributed by atoms with E-state index >= 15 is 0 Å². The van der Waals surface area contributed by atoms with Crippen molar-refractivity contribution >= 4 is 22.7 Å². The lowest BCUT2D eigenvalue weighted by Gasteiger charge is -2.18. The number of ether oxygens (including phenoxy) is 1. The SMILES string of the molecule is CC(C)(C)S(=O)CCNC(=O)[C@@H]1CC[C@H](C(=O)O)O1. The third kappa shape index (κ3) is 4.91. The quantitative estimate of drug-likeness (QED) is 0.759. The van der Waals surface area contributed by atoms with Crippen LogP contribution in [0, 0.1) is 0 Å². The summed E-state index contributed by atoms with van der Waals surface area (Å²) in [4.78, 5) is 22.4. The predicted octanol–water partition coefficient (Wildman–Crippen LogP) is 0.282. The van der Waals surface area contributed by atoms with E-state index < -0.39 is 29.0 Å². The largest absolute Gasteiger partial charge is 0.479 e. The van der Waals surface area contributed by atoms with Crippen molar-refractivity contribution in [1.29, 1.82) is 0 Å². The summed E-state index contributed by atoms with van der Waals surface area (Å²) in [5.74, 6) is -0.983. The summed E-state index contributed by atoms with van der Waals surface area (Å²) < 4.78 is 16.6. The average molecular weight is 291 g/mol. The number of hydrogen-bond donors (Lipinski definition) is 2. The van der Waals surface area contributed by atoms with E-state index in [2.05, 4.69) is 5.32 Å².